The Morgan fingerprint density at radius 3 is 1.82 bits per heavy atom. The second kappa shape index (κ2) is 11.4. The van der Waals surface area contributed by atoms with Crippen molar-refractivity contribution >= 4 is 10.0 Å². The van der Waals surface area contributed by atoms with Crippen LogP contribution in [-0.2, 0) is 10.0 Å². The molecule has 3 atom stereocenters. The van der Waals surface area contributed by atoms with Crippen molar-refractivity contribution in [1.82, 2.24) is 10.0 Å². The van der Waals surface area contributed by atoms with Crippen LogP contribution < -0.4 is 14.8 Å². The normalized spacial score (nSPS) is 20.4. The summed E-state index contributed by atoms with van der Waals surface area (Å²) in [7, 11) is -4.18. The maximum atomic E-state index is 13.5. The molecule has 0 spiro atoms. The minimum absolute atomic E-state index is 0.287. The number of hydrogen-bond donors (Lipinski definition) is 3. The molecule has 3 N–H and O–H groups in total. The van der Waals surface area contributed by atoms with Gasteiger partial charge >= 0.3 is 6.36 Å². The van der Waals surface area contributed by atoms with Gasteiger partial charge in [-0.05, 0) is 72.5 Å². The molecule has 0 radical (unpaired) electrons. The molecule has 0 saturated heterocycles. The highest BCUT2D eigenvalue weighted by Crippen LogP contribution is 2.29. The van der Waals surface area contributed by atoms with E-state index >= 15 is 0 Å². The van der Waals surface area contributed by atoms with Crippen LogP contribution in [0.15, 0.2) is 77.7 Å². The molecule has 0 heterocycles. The average molecular weight is 557 g/mol. The first kappa shape index (κ1) is 28.0. The summed E-state index contributed by atoms with van der Waals surface area (Å²) < 4.78 is 96.3. The van der Waals surface area contributed by atoms with E-state index in [2.05, 4.69) is 14.8 Å². The summed E-state index contributed by atoms with van der Waals surface area (Å²) in [6.45, 7) is 0. The van der Waals surface area contributed by atoms with Crippen molar-refractivity contribution in [2.45, 2.75) is 54.7 Å². The molecule has 1 saturated carbocycles. The summed E-state index contributed by atoms with van der Waals surface area (Å²) in [5.41, 5.74) is 1.32. The van der Waals surface area contributed by atoms with E-state index < -0.39 is 58.0 Å². The Hall–Kier alpha value is -3.06. The maximum Gasteiger partial charge on any atom is 0.573 e. The molecule has 4 rings (SSSR count). The van der Waals surface area contributed by atoms with Crippen LogP contribution in [0, 0.1) is 11.6 Å². The van der Waals surface area contributed by atoms with E-state index in [1.54, 1.807) is 24.3 Å². The lowest BCUT2D eigenvalue weighted by Gasteiger charge is -2.38. The Bertz CT molecular complexity index is 1270. The van der Waals surface area contributed by atoms with Crippen molar-refractivity contribution in [3.63, 3.8) is 0 Å². The largest absolute Gasteiger partial charge is 0.573 e. The van der Waals surface area contributed by atoms with Gasteiger partial charge in [0.1, 0.15) is 17.4 Å². The number of alkyl halides is 3. The zero-order valence-electron chi connectivity index (χ0n) is 19.8. The number of nitrogens with one attached hydrogen (secondary N) is 2. The summed E-state index contributed by atoms with van der Waals surface area (Å²) in [5.74, 6) is -1.43. The predicted molar refractivity (Wildman–Crippen MR) is 129 cm³/mol. The monoisotopic (exact) mass is 556 g/mol. The summed E-state index contributed by atoms with van der Waals surface area (Å²) in [5, 5.41) is 14.4. The molecule has 0 unspecified atom stereocenters. The quantitative estimate of drug-likeness (QED) is 0.347. The zero-order chi connectivity index (χ0) is 27.5. The third kappa shape index (κ3) is 7.07. The fourth-order valence-corrected chi connectivity index (χ4v) is 5.77. The van der Waals surface area contributed by atoms with Crippen LogP contribution in [0.4, 0.5) is 22.0 Å². The summed E-state index contributed by atoms with van der Waals surface area (Å²) in [6.07, 6.45) is -4.70. The lowest BCUT2D eigenvalue weighted by atomic mass is 9.87. The highest BCUT2D eigenvalue weighted by molar-refractivity contribution is 7.89. The van der Waals surface area contributed by atoms with E-state index in [0.29, 0.717) is 30.4 Å². The number of benzene rings is 3. The number of aliphatic hydroxyl groups is 1. The first-order chi connectivity index (χ1) is 17.9. The first-order valence-corrected chi connectivity index (χ1v) is 13.2. The lowest BCUT2D eigenvalue weighted by Crippen LogP contribution is -2.56. The van der Waals surface area contributed by atoms with Crippen LogP contribution in [-0.4, -0.2) is 38.1 Å². The van der Waals surface area contributed by atoms with Crippen LogP contribution in [0.1, 0.15) is 36.4 Å². The third-order valence-corrected chi connectivity index (χ3v) is 7.82. The standard InChI is InChI=1S/C26H25F5N2O4S/c27-18-8-4-16(5-9-18)24(17-6-10-19(28)11-7-17)32-22-2-1-3-23(25(22)34)33-38(35,36)21-14-12-20(13-15-21)37-26(29,30)31/h4-15,22-25,32-34H,1-3H2/t22-,23+,25+/m1/s1. The van der Waals surface area contributed by atoms with Crippen LogP contribution in [0.3, 0.4) is 0 Å². The molecule has 0 amide bonds. The van der Waals surface area contributed by atoms with Crippen LogP contribution in [0.25, 0.3) is 0 Å². The maximum absolute atomic E-state index is 13.5. The fraction of sp³-hybridized carbons (Fsp3) is 0.308. The molecule has 1 fully saturated rings. The van der Waals surface area contributed by atoms with Gasteiger partial charge in [-0.1, -0.05) is 30.7 Å². The number of halogens is 5. The molecule has 204 valence electrons. The fourth-order valence-electron chi connectivity index (χ4n) is 4.49. The third-order valence-electron chi connectivity index (χ3n) is 6.32. The molecule has 3 aromatic rings. The molecule has 3 aromatic carbocycles. The van der Waals surface area contributed by atoms with Crippen molar-refractivity contribution in [3.05, 3.63) is 95.6 Å². The van der Waals surface area contributed by atoms with E-state index in [-0.39, 0.29) is 4.90 Å². The van der Waals surface area contributed by atoms with Gasteiger partial charge in [0.15, 0.2) is 0 Å². The van der Waals surface area contributed by atoms with Crippen molar-refractivity contribution in [2.75, 3.05) is 0 Å². The molecule has 1 aliphatic rings. The Kier molecular flexibility index (Phi) is 8.36. The van der Waals surface area contributed by atoms with E-state index in [9.17, 15) is 35.5 Å². The average Bonchev–Trinajstić information content (AvgIpc) is 2.85. The molecule has 6 nitrogen and oxygen atoms in total. The molecule has 12 heteroatoms. The van der Waals surface area contributed by atoms with Gasteiger partial charge < -0.3 is 15.2 Å². The first-order valence-electron chi connectivity index (χ1n) is 11.7. The van der Waals surface area contributed by atoms with Gasteiger partial charge in [-0.3, -0.25) is 0 Å². The summed E-state index contributed by atoms with van der Waals surface area (Å²) >= 11 is 0. The number of ether oxygens (including phenoxy) is 1. The van der Waals surface area contributed by atoms with Gasteiger partial charge in [-0.2, -0.15) is 0 Å². The SMILES string of the molecule is O=S(=O)(N[C@H]1CCC[C@@H](NC(c2ccc(F)cc2)c2ccc(F)cc2)[C@@H]1O)c1ccc(OC(F)(F)F)cc1. The number of hydrogen-bond acceptors (Lipinski definition) is 5. The number of aliphatic hydroxyl groups excluding tert-OH is 1. The van der Waals surface area contributed by atoms with Gasteiger partial charge in [0.25, 0.3) is 0 Å². The van der Waals surface area contributed by atoms with Gasteiger partial charge in [-0.15, -0.1) is 13.2 Å². The minimum Gasteiger partial charge on any atom is -0.406 e. The molecule has 0 aliphatic heterocycles. The topological polar surface area (TPSA) is 87.7 Å². The Balaban J connectivity index is 1.50. The lowest BCUT2D eigenvalue weighted by molar-refractivity contribution is -0.274. The van der Waals surface area contributed by atoms with Crippen molar-refractivity contribution in [1.29, 1.82) is 0 Å². The predicted octanol–water partition coefficient (Wildman–Crippen LogP) is 4.80. The molecule has 38 heavy (non-hydrogen) atoms. The molecular formula is C26H25F5N2O4S. The number of sulfonamides is 1. The highest BCUT2D eigenvalue weighted by Gasteiger charge is 2.36. The smallest absolute Gasteiger partial charge is 0.406 e. The second-order valence-corrected chi connectivity index (χ2v) is 10.7. The van der Waals surface area contributed by atoms with Gasteiger partial charge in [0.2, 0.25) is 10.0 Å². The van der Waals surface area contributed by atoms with E-state index in [1.165, 1.54) is 24.3 Å². The van der Waals surface area contributed by atoms with Crippen molar-refractivity contribution in [2.24, 2.45) is 0 Å². The molecule has 0 bridgehead atoms. The van der Waals surface area contributed by atoms with Gasteiger partial charge in [0, 0.05) is 12.1 Å². The Morgan fingerprint density at radius 1 is 0.816 bits per heavy atom. The summed E-state index contributed by atoms with van der Waals surface area (Å²) in [4.78, 5) is -0.287. The highest BCUT2D eigenvalue weighted by atomic mass is 32.2. The van der Waals surface area contributed by atoms with Crippen LogP contribution >= 0.6 is 0 Å². The second-order valence-electron chi connectivity index (χ2n) is 8.98. The van der Waals surface area contributed by atoms with Crippen molar-refractivity contribution < 1.29 is 40.2 Å². The Labute approximate surface area is 216 Å². The zero-order valence-corrected chi connectivity index (χ0v) is 20.6. The van der Waals surface area contributed by atoms with Gasteiger partial charge in [-0.25, -0.2) is 21.9 Å². The van der Waals surface area contributed by atoms with Crippen LogP contribution in [0.2, 0.25) is 0 Å². The van der Waals surface area contributed by atoms with E-state index in [4.69, 9.17) is 0 Å². The van der Waals surface area contributed by atoms with E-state index in [0.717, 1.165) is 24.3 Å². The van der Waals surface area contributed by atoms with Crippen molar-refractivity contribution in [3.8, 4) is 5.75 Å². The Morgan fingerprint density at radius 2 is 1.32 bits per heavy atom. The summed E-state index contributed by atoms with van der Waals surface area (Å²) in [6, 6.07) is 13.1. The molecule has 0 aromatic heterocycles. The number of rotatable bonds is 8. The van der Waals surface area contributed by atoms with Crippen LogP contribution in [0.5, 0.6) is 5.75 Å². The molecule has 1 aliphatic carbocycles. The van der Waals surface area contributed by atoms with E-state index in [1.807, 2.05) is 0 Å². The van der Waals surface area contributed by atoms with Gasteiger partial charge in [0.05, 0.1) is 17.0 Å². The minimum atomic E-state index is -4.91. The molecular weight excluding hydrogens is 531 g/mol.